The SMILES string of the molecule is CNC1CSCC1c1nc(C(C)OC)no1. The molecule has 3 atom stereocenters. The van der Waals surface area contributed by atoms with Crippen molar-refractivity contribution in [2.75, 3.05) is 25.7 Å². The molecule has 90 valence electrons. The van der Waals surface area contributed by atoms with E-state index in [2.05, 4.69) is 15.5 Å². The van der Waals surface area contributed by atoms with Gasteiger partial charge in [0.1, 0.15) is 6.10 Å². The molecule has 5 nitrogen and oxygen atoms in total. The van der Waals surface area contributed by atoms with E-state index in [1.54, 1.807) is 7.11 Å². The maximum absolute atomic E-state index is 5.31. The van der Waals surface area contributed by atoms with Crippen molar-refractivity contribution < 1.29 is 9.26 Å². The van der Waals surface area contributed by atoms with Crippen LogP contribution in [0.15, 0.2) is 4.52 Å². The second kappa shape index (κ2) is 5.16. The molecule has 16 heavy (non-hydrogen) atoms. The average molecular weight is 243 g/mol. The predicted molar refractivity (Wildman–Crippen MR) is 62.6 cm³/mol. The van der Waals surface area contributed by atoms with Gasteiger partial charge in [-0.1, -0.05) is 5.16 Å². The van der Waals surface area contributed by atoms with Crippen LogP contribution in [0.5, 0.6) is 0 Å². The minimum Gasteiger partial charge on any atom is -0.374 e. The van der Waals surface area contributed by atoms with Gasteiger partial charge in [-0.05, 0) is 14.0 Å². The van der Waals surface area contributed by atoms with Crippen molar-refractivity contribution in [1.29, 1.82) is 0 Å². The number of aromatic nitrogens is 2. The molecule has 0 bridgehead atoms. The minimum absolute atomic E-state index is 0.111. The van der Waals surface area contributed by atoms with E-state index in [1.807, 2.05) is 25.7 Å². The van der Waals surface area contributed by atoms with Crippen molar-refractivity contribution in [1.82, 2.24) is 15.5 Å². The molecule has 3 unspecified atom stereocenters. The number of ether oxygens (including phenoxy) is 1. The highest BCUT2D eigenvalue weighted by Gasteiger charge is 2.32. The average Bonchev–Trinajstić information content (AvgIpc) is 2.95. The molecule has 0 saturated carbocycles. The summed E-state index contributed by atoms with van der Waals surface area (Å²) in [6.07, 6.45) is -0.111. The standard InChI is InChI=1S/C10H17N3O2S/c1-6(14-3)9-12-10(15-13-9)7-4-16-5-8(7)11-2/h6-8,11H,4-5H2,1-3H3. The molecule has 1 aromatic rings. The highest BCUT2D eigenvalue weighted by atomic mass is 32.2. The molecule has 1 fully saturated rings. The van der Waals surface area contributed by atoms with Gasteiger partial charge in [-0.2, -0.15) is 16.7 Å². The molecule has 0 radical (unpaired) electrons. The number of hydrogen-bond acceptors (Lipinski definition) is 6. The predicted octanol–water partition coefficient (Wildman–Crippen LogP) is 1.20. The number of rotatable bonds is 4. The Hall–Kier alpha value is -0.590. The van der Waals surface area contributed by atoms with Crippen molar-refractivity contribution in [3.8, 4) is 0 Å². The van der Waals surface area contributed by atoms with E-state index in [4.69, 9.17) is 9.26 Å². The van der Waals surface area contributed by atoms with Crippen LogP contribution in [-0.2, 0) is 4.74 Å². The smallest absolute Gasteiger partial charge is 0.232 e. The van der Waals surface area contributed by atoms with Crippen LogP contribution in [0.2, 0.25) is 0 Å². The fourth-order valence-corrected chi connectivity index (χ4v) is 3.17. The second-order valence-corrected chi connectivity index (χ2v) is 4.98. The molecule has 1 aliphatic rings. The zero-order valence-corrected chi connectivity index (χ0v) is 10.6. The molecule has 1 aromatic heterocycles. The minimum atomic E-state index is -0.111. The Balaban J connectivity index is 2.12. The van der Waals surface area contributed by atoms with E-state index in [1.165, 1.54) is 0 Å². The van der Waals surface area contributed by atoms with Gasteiger partial charge in [0.25, 0.3) is 0 Å². The van der Waals surface area contributed by atoms with Gasteiger partial charge >= 0.3 is 0 Å². The van der Waals surface area contributed by atoms with Crippen molar-refractivity contribution in [2.24, 2.45) is 0 Å². The van der Waals surface area contributed by atoms with Gasteiger partial charge in [0.2, 0.25) is 5.89 Å². The number of nitrogens with zero attached hydrogens (tertiary/aromatic N) is 2. The topological polar surface area (TPSA) is 60.2 Å². The Morgan fingerprint density at radius 3 is 3.06 bits per heavy atom. The van der Waals surface area contributed by atoms with Crippen LogP contribution in [-0.4, -0.2) is 41.8 Å². The Morgan fingerprint density at radius 1 is 1.56 bits per heavy atom. The maximum atomic E-state index is 5.31. The number of likely N-dealkylation sites (N-methyl/N-ethyl adjacent to an activating group) is 1. The summed E-state index contributed by atoms with van der Waals surface area (Å²) in [5, 5.41) is 7.24. The van der Waals surface area contributed by atoms with Gasteiger partial charge in [0, 0.05) is 24.7 Å². The van der Waals surface area contributed by atoms with Crippen molar-refractivity contribution in [3.05, 3.63) is 11.7 Å². The lowest BCUT2D eigenvalue weighted by Gasteiger charge is -2.13. The fourth-order valence-electron chi connectivity index (χ4n) is 1.75. The molecule has 2 heterocycles. The summed E-state index contributed by atoms with van der Waals surface area (Å²) in [7, 11) is 3.61. The summed E-state index contributed by atoms with van der Waals surface area (Å²) in [6, 6.07) is 0.427. The van der Waals surface area contributed by atoms with Gasteiger partial charge in [0.05, 0.1) is 5.92 Å². The maximum Gasteiger partial charge on any atom is 0.232 e. The summed E-state index contributed by atoms with van der Waals surface area (Å²) in [5.74, 6) is 3.81. The lowest BCUT2D eigenvalue weighted by atomic mass is 10.0. The normalized spacial score (nSPS) is 27.2. The molecule has 0 spiro atoms. The van der Waals surface area contributed by atoms with Crippen LogP contribution in [0.4, 0.5) is 0 Å². The molecule has 0 amide bonds. The Kier molecular flexibility index (Phi) is 3.83. The van der Waals surface area contributed by atoms with E-state index in [-0.39, 0.29) is 6.10 Å². The first-order valence-electron chi connectivity index (χ1n) is 5.37. The van der Waals surface area contributed by atoms with Crippen LogP contribution in [0, 0.1) is 0 Å². The highest BCUT2D eigenvalue weighted by molar-refractivity contribution is 7.99. The van der Waals surface area contributed by atoms with Gasteiger partial charge in [-0.25, -0.2) is 0 Å². The summed E-state index contributed by atoms with van der Waals surface area (Å²) < 4.78 is 10.5. The lowest BCUT2D eigenvalue weighted by molar-refractivity contribution is 0.109. The van der Waals surface area contributed by atoms with Gasteiger partial charge in [-0.15, -0.1) is 0 Å². The molecule has 1 saturated heterocycles. The van der Waals surface area contributed by atoms with E-state index in [9.17, 15) is 0 Å². The first kappa shape index (κ1) is 11.9. The zero-order chi connectivity index (χ0) is 11.5. The molecular formula is C10H17N3O2S. The number of methoxy groups -OCH3 is 1. The molecular weight excluding hydrogens is 226 g/mol. The Labute approximate surface area is 99.3 Å². The molecule has 0 aliphatic carbocycles. The van der Waals surface area contributed by atoms with E-state index < -0.39 is 0 Å². The van der Waals surface area contributed by atoms with Crippen LogP contribution >= 0.6 is 11.8 Å². The van der Waals surface area contributed by atoms with E-state index >= 15 is 0 Å². The van der Waals surface area contributed by atoms with Crippen molar-refractivity contribution in [3.63, 3.8) is 0 Å². The monoisotopic (exact) mass is 243 g/mol. The summed E-state index contributed by atoms with van der Waals surface area (Å²) in [6.45, 7) is 1.91. The third-order valence-corrected chi connectivity index (χ3v) is 4.13. The Bertz CT molecular complexity index is 345. The number of hydrogen-bond donors (Lipinski definition) is 1. The summed E-state index contributed by atoms with van der Waals surface area (Å²) in [4.78, 5) is 4.41. The van der Waals surface area contributed by atoms with E-state index in [0.717, 1.165) is 17.4 Å². The zero-order valence-electron chi connectivity index (χ0n) is 9.77. The van der Waals surface area contributed by atoms with Gasteiger partial charge in [-0.3, -0.25) is 0 Å². The second-order valence-electron chi connectivity index (χ2n) is 3.91. The molecule has 1 N–H and O–H groups in total. The van der Waals surface area contributed by atoms with Crippen LogP contribution in [0.25, 0.3) is 0 Å². The Morgan fingerprint density at radius 2 is 2.38 bits per heavy atom. The fraction of sp³-hybridized carbons (Fsp3) is 0.800. The molecule has 2 rings (SSSR count). The summed E-state index contributed by atoms with van der Waals surface area (Å²) >= 11 is 1.91. The largest absolute Gasteiger partial charge is 0.374 e. The number of thioether (sulfide) groups is 1. The molecule has 1 aliphatic heterocycles. The van der Waals surface area contributed by atoms with Crippen LogP contribution < -0.4 is 5.32 Å². The summed E-state index contributed by atoms with van der Waals surface area (Å²) in [5.41, 5.74) is 0. The van der Waals surface area contributed by atoms with Crippen LogP contribution in [0.3, 0.4) is 0 Å². The lowest BCUT2D eigenvalue weighted by Crippen LogP contribution is -2.31. The van der Waals surface area contributed by atoms with E-state index in [0.29, 0.717) is 17.8 Å². The van der Waals surface area contributed by atoms with Crippen LogP contribution in [0.1, 0.15) is 30.7 Å². The highest BCUT2D eigenvalue weighted by Crippen LogP contribution is 2.32. The first-order chi connectivity index (χ1) is 7.76. The molecule has 6 heteroatoms. The molecule has 0 aromatic carbocycles. The van der Waals surface area contributed by atoms with Crippen molar-refractivity contribution >= 4 is 11.8 Å². The third-order valence-electron chi connectivity index (χ3n) is 2.94. The third kappa shape index (κ3) is 2.23. The van der Waals surface area contributed by atoms with Gasteiger partial charge in [0.15, 0.2) is 5.82 Å². The first-order valence-corrected chi connectivity index (χ1v) is 6.53. The van der Waals surface area contributed by atoms with Crippen molar-refractivity contribution in [2.45, 2.75) is 25.0 Å². The van der Waals surface area contributed by atoms with Gasteiger partial charge < -0.3 is 14.6 Å². The number of nitrogens with one attached hydrogen (secondary N) is 1. The quantitative estimate of drug-likeness (QED) is 0.857.